The molecule has 0 fully saturated rings. The summed E-state index contributed by atoms with van der Waals surface area (Å²) in [7, 11) is 8.57. The van der Waals surface area contributed by atoms with Gasteiger partial charge in [0.2, 0.25) is 11.2 Å². The largest absolute Gasteiger partial charge is 0.378 e. The number of nitrogens with zero attached hydrogens (tertiary/aromatic N) is 3. The van der Waals surface area contributed by atoms with Crippen LogP contribution in [0.1, 0.15) is 28.8 Å². The Bertz CT molecular complexity index is 1510. The molecular weight excluding hydrogens is 446 g/mol. The fourth-order valence-electron chi connectivity index (χ4n) is 5.39. The van der Waals surface area contributed by atoms with Crippen LogP contribution in [0.4, 0.5) is 11.4 Å². The fourth-order valence-corrected chi connectivity index (χ4v) is 6.49. The number of pyridine rings is 1. The number of allylic oxidation sites excluding steroid dienone is 1. The van der Waals surface area contributed by atoms with Crippen LogP contribution in [0.15, 0.2) is 82.7 Å². The van der Waals surface area contributed by atoms with Gasteiger partial charge in [0.25, 0.3) is 0 Å². The fraction of sp³-hybridized carbons (Fsp3) is 0.194. The zero-order valence-corrected chi connectivity index (χ0v) is 21.6. The average molecular weight is 477 g/mol. The van der Waals surface area contributed by atoms with Crippen molar-refractivity contribution in [3.8, 4) is 0 Å². The summed E-state index contributed by atoms with van der Waals surface area (Å²) >= 11 is 1.87. The first-order valence-electron chi connectivity index (χ1n) is 12.2. The van der Waals surface area contributed by atoms with E-state index in [1.165, 1.54) is 60.2 Å². The van der Waals surface area contributed by atoms with Crippen LogP contribution in [0.5, 0.6) is 0 Å². The van der Waals surface area contributed by atoms with Gasteiger partial charge in [-0.1, -0.05) is 48.2 Å². The van der Waals surface area contributed by atoms with Crippen LogP contribution in [-0.2, 0) is 13.5 Å². The summed E-state index contributed by atoms with van der Waals surface area (Å²) in [5, 5.41) is 2.60. The SMILES string of the molecule is CN(C)c1ccc(/C=C2\CCc3c(/C=C4\Sc5ccccc5N4C)c4ccccc4[n+](C)c32)cc1. The molecule has 6 rings (SSSR count). The van der Waals surface area contributed by atoms with Crippen LogP contribution < -0.4 is 14.4 Å². The van der Waals surface area contributed by atoms with Gasteiger partial charge >= 0.3 is 0 Å². The average Bonchev–Trinajstić information content (AvgIpc) is 3.43. The number of aryl methyl sites for hydroxylation is 1. The van der Waals surface area contributed by atoms with E-state index in [4.69, 9.17) is 0 Å². The predicted molar refractivity (Wildman–Crippen MR) is 151 cm³/mol. The first-order valence-corrected chi connectivity index (χ1v) is 13.0. The zero-order chi connectivity index (χ0) is 24.1. The van der Waals surface area contributed by atoms with Gasteiger partial charge in [0, 0.05) is 54.5 Å². The monoisotopic (exact) mass is 476 g/mol. The number of thioether (sulfide) groups is 1. The molecule has 2 heterocycles. The predicted octanol–water partition coefficient (Wildman–Crippen LogP) is 6.76. The van der Waals surface area contributed by atoms with E-state index >= 15 is 0 Å². The topological polar surface area (TPSA) is 10.4 Å². The number of hydrogen-bond donors (Lipinski definition) is 0. The first-order chi connectivity index (χ1) is 17.0. The minimum absolute atomic E-state index is 1.06. The van der Waals surface area contributed by atoms with Gasteiger partial charge in [0.15, 0.2) is 0 Å². The Morgan fingerprint density at radius 1 is 0.886 bits per heavy atom. The zero-order valence-electron chi connectivity index (χ0n) is 20.7. The van der Waals surface area contributed by atoms with Crippen molar-refractivity contribution in [3.05, 3.63) is 100 Å². The third-order valence-electron chi connectivity index (χ3n) is 7.24. The summed E-state index contributed by atoms with van der Waals surface area (Å²) in [5.74, 6) is 0. The van der Waals surface area contributed by atoms with E-state index in [0.29, 0.717) is 0 Å². The lowest BCUT2D eigenvalue weighted by atomic mass is 9.99. The maximum absolute atomic E-state index is 2.42. The van der Waals surface area contributed by atoms with Crippen LogP contribution in [0.25, 0.3) is 28.6 Å². The standard InChI is InChI=1S/C31H30N3S/c1-32(2)23-16-13-21(14-17-23)19-22-15-18-25-26(24-9-5-6-10-27(24)34(4)31(22)25)20-30-33(3)28-11-7-8-12-29(28)35-30/h5-14,16-17,19-20H,15,18H2,1-4H3/q+1. The summed E-state index contributed by atoms with van der Waals surface area (Å²) in [6.07, 6.45) is 6.92. The molecule has 1 aliphatic carbocycles. The van der Waals surface area contributed by atoms with E-state index in [-0.39, 0.29) is 0 Å². The van der Waals surface area contributed by atoms with Crippen molar-refractivity contribution in [3.63, 3.8) is 0 Å². The van der Waals surface area contributed by atoms with Crippen molar-refractivity contribution < 1.29 is 4.57 Å². The lowest BCUT2D eigenvalue weighted by molar-refractivity contribution is -0.647. The second-order valence-corrected chi connectivity index (χ2v) is 10.6. The molecule has 0 atom stereocenters. The third-order valence-corrected chi connectivity index (χ3v) is 8.41. The van der Waals surface area contributed by atoms with Gasteiger partial charge in [0.1, 0.15) is 7.05 Å². The van der Waals surface area contributed by atoms with Gasteiger partial charge in [-0.25, -0.2) is 0 Å². The molecule has 0 saturated carbocycles. The number of para-hydroxylation sites is 2. The summed E-state index contributed by atoms with van der Waals surface area (Å²) in [6, 6.07) is 26.4. The van der Waals surface area contributed by atoms with E-state index in [9.17, 15) is 0 Å². The van der Waals surface area contributed by atoms with Gasteiger partial charge in [-0.05, 0) is 60.9 Å². The summed E-state index contributed by atoms with van der Waals surface area (Å²) < 4.78 is 2.40. The Kier molecular flexibility index (Phi) is 5.42. The Morgan fingerprint density at radius 3 is 2.40 bits per heavy atom. The molecule has 1 aliphatic heterocycles. The van der Waals surface area contributed by atoms with Crippen LogP contribution in [-0.4, -0.2) is 21.1 Å². The number of rotatable bonds is 3. The van der Waals surface area contributed by atoms with Gasteiger partial charge in [-0.15, -0.1) is 0 Å². The number of fused-ring (bicyclic) bond motifs is 3. The quantitative estimate of drug-likeness (QED) is 0.303. The molecule has 1 aromatic heterocycles. The minimum atomic E-state index is 1.06. The number of aromatic nitrogens is 1. The molecule has 0 spiro atoms. The van der Waals surface area contributed by atoms with Crippen LogP contribution in [0.2, 0.25) is 0 Å². The maximum atomic E-state index is 2.42. The lowest BCUT2D eigenvalue weighted by Crippen LogP contribution is -2.34. The molecule has 0 N–H and O–H groups in total. The second-order valence-electron chi connectivity index (χ2n) is 9.58. The molecule has 0 saturated heterocycles. The smallest absolute Gasteiger partial charge is 0.213 e. The minimum Gasteiger partial charge on any atom is -0.378 e. The third kappa shape index (κ3) is 3.73. The normalized spacial score (nSPS) is 16.9. The highest BCUT2D eigenvalue weighted by molar-refractivity contribution is 8.03. The molecule has 0 bridgehead atoms. The van der Waals surface area contributed by atoms with Crippen molar-refractivity contribution in [1.82, 2.24) is 0 Å². The number of anilines is 2. The van der Waals surface area contributed by atoms with Crippen molar-refractivity contribution in [2.24, 2.45) is 7.05 Å². The molecular formula is C31H30N3S+. The Hall–Kier alpha value is -3.50. The summed E-state index contributed by atoms with van der Waals surface area (Å²) in [4.78, 5) is 5.79. The highest BCUT2D eigenvalue weighted by Gasteiger charge is 2.31. The Morgan fingerprint density at radius 2 is 1.63 bits per heavy atom. The van der Waals surface area contributed by atoms with Crippen molar-refractivity contribution in [2.75, 3.05) is 30.9 Å². The molecule has 35 heavy (non-hydrogen) atoms. The summed E-state index contributed by atoms with van der Waals surface area (Å²) in [6.45, 7) is 0. The van der Waals surface area contributed by atoms with E-state index in [0.717, 1.165) is 12.8 Å². The second kappa shape index (κ2) is 8.62. The molecule has 2 aliphatic rings. The van der Waals surface area contributed by atoms with Gasteiger partial charge < -0.3 is 9.80 Å². The van der Waals surface area contributed by atoms with Crippen molar-refractivity contribution >= 4 is 51.8 Å². The molecule has 0 unspecified atom stereocenters. The van der Waals surface area contributed by atoms with Gasteiger partial charge in [-0.3, -0.25) is 0 Å². The molecule has 3 aromatic carbocycles. The highest BCUT2D eigenvalue weighted by atomic mass is 32.2. The highest BCUT2D eigenvalue weighted by Crippen LogP contribution is 2.46. The van der Waals surface area contributed by atoms with E-state index in [2.05, 4.69) is 128 Å². The molecule has 174 valence electrons. The molecule has 0 radical (unpaired) electrons. The van der Waals surface area contributed by atoms with E-state index in [1.807, 2.05) is 11.8 Å². The molecule has 3 nitrogen and oxygen atoms in total. The maximum Gasteiger partial charge on any atom is 0.213 e. The van der Waals surface area contributed by atoms with Crippen LogP contribution in [0, 0.1) is 0 Å². The van der Waals surface area contributed by atoms with E-state index in [1.54, 1.807) is 0 Å². The summed E-state index contributed by atoms with van der Waals surface area (Å²) in [5.41, 5.74) is 10.7. The van der Waals surface area contributed by atoms with E-state index < -0.39 is 0 Å². The van der Waals surface area contributed by atoms with Crippen LogP contribution >= 0.6 is 11.8 Å². The Balaban J connectivity index is 1.50. The number of hydrogen-bond acceptors (Lipinski definition) is 3. The van der Waals surface area contributed by atoms with Crippen molar-refractivity contribution in [2.45, 2.75) is 17.7 Å². The lowest BCUT2D eigenvalue weighted by Gasteiger charge is -2.15. The number of benzene rings is 3. The molecule has 4 heteroatoms. The Labute approximate surface area is 212 Å². The molecule has 0 amide bonds. The van der Waals surface area contributed by atoms with Crippen LogP contribution in [0.3, 0.4) is 0 Å². The van der Waals surface area contributed by atoms with Gasteiger partial charge in [0.05, 0.1) is 16.1 Å². The molecule has 4 aromatic rings. The first kappa shape index (κ1) is 22.0. The van der Waals surface area contributed by atoms with Gasteiger partial charge in [-0.2, -0.15) is 4.57 Å². The van der Waals surface area contributed by atoms with Crippen molar-refractivity contribution in [1.29, 1.82) is 0 Å².